The van der Waals surface area contributed by atoms with Gasteiger partial charge in [-0.2, -0.15) is 0 Å². The largest absolute Gasteiger partial charge is 0.497 e. The number of rotatable bonds is 8. The number of likely N-dealkylation sites (tertiary alicyclic amines) is 1. The van der Waals surface area contributed by atoms with Crippen molar-refractivity contribution in [2.75, 3.05) is 27.2 Å². The van der Waals surface area contributed by atoms with Crippen LogP contribution in [-0.4, -0.2) is 63.6 Å². The quantitative estimate of drug-likeness (QED) is 0.503. The molecule has 1 atom stereocenters. The second-order valence-corrected chi connectivity index (χ2v) is 9.43. The summed E-state index contributed by atoms with van der Waals surface area (Å²) in [7, 11) is 3.89. The van der Waals surface area contributed by atoms with Crippen LogP contribution in [0.2, 0.25) is 0 Å². The highest BCUT2D eigenvalue weighted by Crippen LogP contribution is 2.29. The van der Waals surface area contributed by atoms with E-state index >= 15 is 0 Å². The number of benzene rings is 1. The Bertz CT molecular complexity index is 1050. The average Bonchev–Trinajstić information content (AvgIpc) is 3.28. The number of piperidine rings is 1. The minimum Gasteiger partial charge on any atom is -0.497 e. The van der Waals surface area contributed by atoms with Gasteiger partial charge in [0, 0.05) is 31.9 Å². The maximum absolute atomic E-state index is 12.9. The van der Waals surface area contributed by atoms with E-state index in [0.29, 0.717) is 16.8 Å². The molecule has 0 aliphatic carbocycles. The summed E-state index contributed by atoms with van der Waals surface area (Å²) in [5.74, 6) is 1.43. The van der Waals surface area contributed by atoms with Crippen molar-refractivity contribution in [3.8, 4) is 5.75 Å². The van der Waals surface area contributed by atoms with Crippen molar-refractivity contribution < 1.29 is 9.53 Å². The standard InChI is InChI=1S/C25H31N5O2S/c1-18-24(33-28-27-18)25(31)30-13-10-20(11-14-30)23(16-19-7-6-9-22(15-19)32-3)29(2)17-21-8-4-5-12-26-21/h4-9,12,15,20,23H,10-11,13-14,16-17H2,1-3H3/t23-/m1/s1. The second kappa shape index (κ2) is 10.9. The molecule has 0 saturated carbocycles. The Labute approximate surface area is 199 Å². The summed E-state index contributed by atoms with van der Waals surface area (Å²) in [6.07, 6.45) is 4.72. The number of amides is 1. The van der Waals surface area contributed by atoms with E-state index < -0.39 is 0 Å². The predicted octanol–water partition coefficient (Wildman–Crippen LogP) is 3.85. The van der Waals surface area contributed by atoms with Gasteiger partial charge in [0.25, 0.3) is 5.91 Å². The minimum atomic E-state index is 0.0622. The molecule has 1 fully saturated rings. The van der Waals surface area contributed by atoms with Crippen LogP contribution in [0.5, 0.6) is 5.75 Å². The highest BCUT2D eigenvalue weighted by molar-refractivity contribution is 7.07. The van der Waals surface area contributed by atoms with Crippen molar-refractivity contribution in [1.82, 2.24) is 24.4 Å². The van der Waals surface area contributed by atoms with Crippen molar-refractivity contribution in [2.24, 2.45) is 5.92 Å². The predicted molar refractivity (Wildman–Crippen MR) is 129 cm³/mol. The summed E-state index contributed by atoms with van der Waals surface area (Å²) >= 11 is 1.19. The van der Waals surface area contributed by atoms with Crippen LogP contribution in [-0.2, 0) is 13.0 Å². The van der Waals surface area contributed by atoms with E-state index in [9.17, 15) is 4.79 Å². The van der Waals surface area contributed by atoms with Crippen molar-refractivity contribution in [3.05, 3.63) is 70.5 Å². The number of aromatic nitrogens is 3. The van der Waals surface area contributed by atoms with Crippen LogP contribution >= 0.6 is 11.5 Å². The SMILES string of the molecule is COc1cccc(C[C@H](C2CCN(C(=O)c3snnc3C)CC2)N(C)Cc2ccccn2)c1. The van der Waals surface area contributed by atoms with Crippen LogP contribution in [0.25, 0.3) is 0 Å². The molecule has 0 N–H and O–H groups in total. The molecule has 33 heavy (non-hydrogen) atoms. The molecule has 7 nitrogen and oxygen atoms in total. The van der Waals surface area contributed by atoms with Gasteiger partial charge in [-0.3, -0.25) is 14.7 Å². The third-order valence-corrected chi connectivity index (χ3v) is 7.32. The summed E-state index contributed by atoms with van der Waals surface area (Å²) in [5.41, 5.74) is 3.05. The van der Waals surface area contributed by atoms with Crippen LogP contribution in [0.1, 0.15) is 39.5 Å². The van der Waals surface area contributed by atoms with Crippen LogP contribution in [0.4, 0.5) is 0 Å². The lowest BCUT2D eigenvalue weighted by molar-refractivity contribution is 0.0605. The molecule has 1 aliphatic heterocycles. The van der Waals surface area contributed by atoms with Crippen LogP contribution in [0.15, 0.2) is 48.7 Å². The smallest absolute Gasteiger partial charge is 0.267 e. The first-order valence-electron chi connectivity index (χ1n) is 11.4. The first kappa shape index (κ1) is 23.3. The molecule has 1 saturated heterocycles. The zero-order valence-electron chi connectivity index (χ0n) is 19.5. The maximum Gasteiger partial charge on any atom is 0.267 e. The zero-order chi connectivity index (χ0) is 23.2. The number of hydrogen-bond acceptors (Lipinski definition) is 7. The van der Waals surface area contributed by atoms with Crippen molar-refractivity contribution in [1.29, 1.82) is 0 Å². The van der Waals surface area contributed by atoms with Gasteiger partial charge in [0.15, 0.2) is 0 Å². The van der Waals surface area contributed by atoms with E-state index in [2.05, 4.69) is 50.8 Å². The molecule has 4 rings (SSSR count). The molecule has 0 unspecified atom stereocenters. The van der Waals surface area contributed by atoms with Gasteiger partial charge in [0.1, 0.15) is 10.6 Å². The zero-order valence-corrected chi connectivity index (χ0v) is 20.3. The number of carbonyl (C=O) groups excluding carboxylic acids is 1. The van der Waals surface area contributed by atoms with Gasteiger partial charge in [0.05, 0.1) is 18.5 Å². The van der Waals surface area contributed by atoms with Crippen LogP contribution in [0, 0.1) is 12.8 Å². The summed E-state index contributed by atoms with van der Waals surface area (Å²) in [5, 5.41) is 4.00. The highest BCUT2D eigenvalue weighted by atomic mass is 32.1. The Morgan fingerprint density at radius 3 is 2.73 bits per heavy atom. The molecule has 8 heteroatoms. The molecule has 0 radical (unpaired) electrons. The van der Waals surface area contributed by atoms with Gasteiger partial charge in [-0.05, 0) is 80.5 Å². The molecule has 174 valence electrons. The molecule has 2 aromatic heterocycles. The first-order chi connectivity index (χ1) is 16.0. The molecular formula is C25H31N5O2S. The first-order valence-corrected chi connectivity index (χ1v) is 12.1. The summed E-state index contributed by atoms with van der Waals surface area (Å²) in [6.45, 7) is 4.15. The molecule has 1 amide bonds. The van der Waals surface area contributed by atoms with E-state index in [-0.39, 0.29) is 5.91 Å². The van der Waals surface area contributed by atoms with E-state index in [0.717, 1.165) is 56.0 Å². The lowest BCUT2D eigenvalue weighted by atomic mass is 9.84. The maximum atomic E-state index is 12.9. The normalized spacial score (nSPS) is 15.6. The van der Waals surface area contributed by atoms with Crippen LogP contribution < -0.4 is 4.74 Å². The molecule has 1 aliphatic rings. The van der Waals surface area contributed by atoms with Gasteiger partial charge in [0.2, 0.25) is 0 Å². The fraction of sp³-hybridized carbons (Fsp3) is 0.440. The van der Waals surface area contributed by atoms with Gasteiger partial charge in [-0.1, -0.05) is 22.7 Å². The summed E-state index contributed by atoms with van der Waals surface area (Å²) in [6, 6.07) is 14.7. The fourth-order valence-electron chi connectivity index (χ4n) is 4.65. The average molecular weight is 466 g/mol. The Balaban J connectivity index is 1.48. The minimum absolute atomic E-state index is 0.0622. The summed E-state index contributed by atoms with van der Waals surface area (Å²) in [4.78, 5) is 22.5. The molecule has 1 aromatic carbocycles. The van der Waals surface area contributed by atoms with Crippen molar-refractivity contribution >= 4 is 17.4 Å². The monoisotopic (exact) mass is 465 g/mol. The van der Waals surface area contributed by atoms with Gasteiger partial charge in [-0.25, -0.2) is 0 Å². The second-order valence-electron chi connectivity index (χ2n) is 8.68. The number of ether oxygens (including phenoxy) is 1. The third kappa shape index (κ3) is 5.75. The highest BCUT2D eigenvalue weighted by Gasteiger charge is 2.32. The number of pyridine rings is 1. The molecule has 0 bridgehead atoms. The Kier molecular flexibility index (Phi) is 7.67. The number of carbonyl (C=O) groups is 1. The van der Waals surface area contributed by atoms with E-state index in [1.54, 1.807) is 7.11 Å². The van der Waals surface area contributed by atoms with Gasteiger partial charge < -0.3 is 9.64 Å². The Hall–Kier alpha value is -2.84. The fourth-order valence-corrected chi connectivity index (χ4v) is 5.27. The number of aryl methyl sites for hydroxylation is 1. The van der Waals surface area contributed by atoms with Crippen LogP contribution in [0.3, 0.4) is 0 Å². The number of methoxy groups -OCH3 is 1. The molecular weight excluding hydrogens is 434 g/mol. The van der Waals surface area contributed by atoms with Crippen molar-refractivity contribution in [3.63, 3.8) is 0 Å². The summed E-state index contributed by atoms with van der Waals surface area (Å²) < 4.78 is 9.37. The molecule has 3 heterocycles. The molecule has 0 spiro atoms. The lowest BCUT2D eigenvalue weighted by Crippen LogP contribution is -2.46. The third-order valence-electron chi connectivity index (χ3n) is 6.50. The lowest BCUT2D eigenvalue weighted by Gasteiger charge is -2.40. The van der Waals surface area contributed by atoms with Gasteiger partial charge >= 0.3 is 0 Å². The topological polar surface area (TPSA) is 71.5 Å². The number of hydrogen-bond donors (Lipinski definition) is 0. The van der Waals surface area contributed by atoms with E-state index in [1.165, 1.54) is 17.1 Å². The van der Waals surface area contributed by atoms with Gasteiger partial charge in [-0.15, -0.1) is 5.10 Å². The van der Waals surface area contributed by atoms with Crippen molar-refractivity contribution in [2.45, 2.75) is 38.8 Å². The Morgan fingerprint density at radius 1 is 1.24 bits per heavy atom. The molecule has 3 aromatic rings. The number of nitrogens with zero attached hydrogens (tertiary/aromatic N) is 5. The Morgan fingerprint density at radius 2 is 2.06 bits per heavy atom. The van der Waals surface area contributed by atoms with E-state index in [4.69, 9.17) is 4.74 Å². The van der Waals surface area contributed by atoms with E-state index in [1.807, 2.05) is 36.2 Å². The number of likely N-dealkylation sites (N-methyl/N-ethyl adjacent to an activating group) is 1.